The molecule has 0 aromatic carbocycles. The molecule has 0 atom stereocenters. The summed E-state index contributed by atoms with van der Waals surface area (Å²) in [6, 6.07) is 0. The lowest BCUT2D eigenvalue weighted by Gasteiger charge is -2.22. The molecule has 1 saturated heterocycles. The zero-order valence-corrected chi connectivity index (χ0v) is 7.42. The number of allylic oxidation sites excluding steroid dienone is 1. The SMILES string of the molecule is C=C(CC=O)CC1CCOCC1. The maximum atomic E-state index is 10.2. The summed E-state index contributed by atoms with van der Waals surface area (Å²) < 4.78 is 5.24. The fraction of sp³-hybridized carbons (Fsp3) is 0.700. The van der Waals surface area contributed by atoms with Crippen LogP contribution in [0.3, 0.4) is 0 Å². The van der Waals surface area contributed by atoms with Crippen molar-refractivity contribution in [2.24, 2.45) is 5.92 Å². The van der Waals surface area contributed by atoms with Crippen molar-refractivity contribution in [3.05, 3.63) is 12.2 Å². The zero-order chi connectivity index (χ0) is 8.81. The van der Waals surface area contributed by atoms with Crippen LogP contribution in [0.4, 0.5) is 0 Å². The number of hydrogen-bond acceptors (Lipinski definition) is 2. The number of aldehydes is 1. The fourth-order valence-corrected chi connectivity index (χ4v) is 1.56. The van der Waals surface area contributed by atoms with Crippen molar-refractivity contribution in [2.45, 2.75) is 25.7 Å². The summed E-state index contributed by atoms with van der Waals surface area (Å²) in [7, 11) is 0. The molecule has 1 heterocycles. The molecule has 68 valence electrons. The Morgan fingerprint density at radius 3 is 2.75 bits per heavy atom. The van der Waals surface area contributed by atoms with Gasteiger partial charge in [-0.05, 0) is 25.2 Å². The summed E-state index contributed by atoms with van der Waals surface area (Å²) in [5, 5.41) is 0. The summed E-state index contributed by atoms with van der Waals surface area (Å²) in [5.41, 5.74) is 1.07. The lowest BCUT2D eigenvalue weighted by Crippen LogP contribution is -2.16. The first-order chi connectivity index (χ1) is 5.83. The fourth-order valence-electron chi connectivity index (χ4n) is 1.56. The van der Waals surface area contributed by atoms with Crippen LogP contribution in [-0.2, 0) is 9.53 Å². The molecule has 0 aromatic heterocycles. The summed E-state index contributed by atoms with van der Waals surface area (Å²) in [6.07, 6.45) is 4.71. The first kappa shape index (κ1) is 9.46. The molecule has 0 N–H and O–H groups in total. The van der Waals surface area contributed by atoms with Crippen LogP contribution in [0.5, 0.6) is 0 Å². The minimum atomic E-state index is 0.525. The molecule has 1 aliphatic rings. The third-order valence-corrected chi connectivity index (χ3v) is 2.29. The monoisotopic (exact) mass is 168 g/mol. The van der Waals surface area contributed by atoms with Crippen molar-refractivity contribution in [3.8, 4) is 0 Å². The van der Waals surface area contributed by atoms with Crippen molar-refractivity contribution in [1.82, 2.24) is 0 Å². The Morgan fingerprint density at radius 2 is 2.17 bits per heavy atom. The number of rotatable bonds is 4. The van der Waals surface area contributed by atoms with E-state index in [0.29, 0.717) is 12.3 Å². The van der Waals surface area contributed by atoms with Crippen LogP contribution in [-0.4, -0.2) is 19.5 Å². The van der Waals surface area contributed by atoms with E-state index in [1.165, 1.54) is 0 Å². The third kappa shape index (κ3) is 3.18. The van der Waals surface area contributed by atoms with Gasteiger partial charge in [-0.1, -0.05) is 12.2 Å². The van der Waals surface area contributed by atoms with Crippen LogP contribution < -0.4 is 0 Å². The van der Waals surface area contributed by atoms with Gasteiger partial charge in [0.25, 0.3) is 0 Å². The van der Waals surface area contributed by atoms with Gasteiger partial charge in [-0.2, -0.15) is 0 Å². The smallest absolute Gasteiger partial charge is 0.124 e. The molecule has 0 aliphatic carbocycles. The highest BCUT2D eigenvalue weighted by Gasteiger charge is 2.14. The van der Waals surface area contributed by atoms with Crippen molar-refractivity contribution in [3.63, 3.8) is 0 Å². The van der Waals surface area contributed by atoms with Crippen LogP contribution in [0.1, 0.15) is 25.7 Å². The molecule has 0 saturated carbocycles. The molecule has 0 spiro atoms. The second-order valence-corrected chi connectivity index (χ2v) is 3.38. The summed E-state index contributed by atoms with van der Waals surface area (Å²) >= 11 is 0. The minimum absolute atomic E-state index is 0.525. The van der Waals surface area contributed by atoms with E-state index in [-0.39, 0.29) is 0 Å². The lowest BCUT2D eigenvalue weighted by atomic mass is 9.92. The number of carbonyl (C=O) groups is 1. The molecule has 0 bridgehead atoms. The highest BCUT2D eigenvalue weighted by atomic mass is 16.5. The topological polar surface area (TPSA) is 26.3 Å². The first-order valence-electron chi connectivity index (χ1n) is 4.51. The minimum Gasteiger partial charge on any atom is -0.381 e. The standard InChI is InChI=1S/C10H16O2/c1-9(2-5-11)8-10-3-6-12-7-4-10/h5,10H,1-4,6-8H2. The van der Waals surface area contributed by atoms with Crippen LogP contribution in [0.2, 0.25) is 0 Å². The van der Waals surface area contributed by atoms with E-state index in [4.69, 9.17) is 4.74 Å². The predicted molar refractivity (Wildman–Crippen MR) is 48.0 cm³/mol. The molecule has 0 radical (unpaired) electrons. The van der Waals surface area contributed by atoms with Gasteiger partial charge in [-0.3, -0.25) is 0 Å². The second-order valence-electron chi connectivity index (χ2n) is 3.38. The summed E-state index contributed by atoms with van der Waals surface area (Å²) in [6.45, 7) is 5.61. The van der Waals surface area contributed by atoms with E-state index < -0.39 is 0 Å². The van der Waals surface area contributed by atoms with E-state index in [1.807, 2.05) is 0 Å². The Morgan fingerprint density at radius 1 is 1.50 bits per heavy atom. The van der Waals surface area contributed by atoms with Crippen molar-refractivity contribution in [2.75, 3.05) is 13.2 Å². The average Bonchev–Trinajstić information content (AvgIpc) is 2.06. The van der Waals surface area contributed by atoms with Crippen molar-refractivity contribution >= 4 is 6.29 Å². The van der Waals surface area contributed by atoms with Gasteiger partial charge in [0, 0.05) is 19.6 Å². The van der Waals surface area contributed by atoms with E-state index in [1.54, 1.807) is 0 Å². The van der Waals surface area contributed by atoms with Crippen molar-refractivity contribution < 1.29 is 9.53 Å². The molecule has 2 nitrogen and oxygen atoms in total. The van der Waals surface area contributed by atoms with E-state index in [2.05, 4.69) is 6.58 Å². The molecular weight excluding hydrogens is 152 g/mol. The maximum Gasteiger partial charge on any atom is 0.124 e. The largest absolute Gasteiger partial charge is 0.381 e. The predicted octanol–water partition coefficient (Wildman–Crippen LogP) is 1.95. The van der Waals surface area contributed by atoms with Crippen LogP contribution in [0, 0.1) is 5.92 Å². The Balaban J connectivity index is 2.19. The molecule has 0 amide bonds. The first-order valence-corrected chi connectivity index (χ1v) is 4.51. The molecule has 2 heteroatoms. The second kappa shape index (κ2) is 5.09. The van der Waals surface area contributed by atoms with Gasteiger partial charge in [0.05, 0.1) is 0 Å². The van der Waals surface area contributed by atoms with Gasteiger partial charge < -0.3 is 9.53 Å². The van der Waals surface area contributed by atoms with Gasteiger partial charge in [0.15, 0.2) is 0 Å². The zero-order valence-electron chi connectivity index (χ0n) is 7.42. The van der Waals surface area contributed by atoms with Gasteiger partial charge in [0.2, 0.25) is 0 Å². The van der Waals surface area contributed by atoms with Gasteiger partial charge in [0.1, 0.15) is 6.29 Å². The molecule has 1 fully saturated rings. The summed E-state index contributed by atoms with van der Waals surface area (Å²) in [5.74, 6) is 0.700. The highest BCUT2D eigenvalue weighted by molar-refractivity contribution is 5.53. The van der Waals surface area contributed by atoms with Crippen LogP contribution in [0.15, 0.2) is 12.2 Å². The average molecular weight is 168 g/mol. The van der Waals surface area contributed by atoms with E-state index >= 15 is 0 Å². The highest BCUT2D eigenvalue weighted by Crippen LogP contribution is 2.22. The quantitative estimate of drug-likeness (QED) is 0.473. The Kier molecular flexibility index (Phi) is 4.01. The number of ether oxygens (including phenoxy) is 1. The maximum absolute atomic E-state index is 10.2. The molecule has 0 aromatic rings. The Hall–Kier alpha value is -0.630. The molecule has 1 aliphatic heterocycles. The molecule has 0 unspecified atom stereocenters. The van der Waals surface area contributed by atoms with Gasteiger partial charge in [-0.15, -0.1) is 0 Å². The molecular formula is C10H16O2. The Labute approximate surface area is 73.6 Å². The van der Waals surface area contributed by atoms with E-state index in [0.717, 1.165) is 44.3 Å². The van der Waals surface area contributed by atoms with Crippen LogP contribution in [0.25, 0.3) is 0 Å². The van der Waals surface area contributed by atoms with Gasteiger partial charge >= 0.3 is 0 Å². The lowest BCUT2D eigenvalue weighted by molar-refractivity contribution is -0.107. The van der Waals surface area contributed by atoms with Gasteiger partial charge in [-0.25, -0.2) is 0 Å². The summed E-state index contributed by atoms with van der Waals surface area (Å²) in [4.78, 5) is 10.2. The molecule has 1 rings (SSSR count). The normalized spacial score (nSPS) is 19.0. The van der Waals surface area contributed by atoms with E-state index in [9.17, 15) is 4.79 Å². The number of carbonyl (C=O) groups excluding carboxylic acids is 1. The number of hydrogen-bond donors (Lipinski definition) is 0. The molecule has 12 heavy (non-hydrogen) atoms. The Bertz CT molecular complexity index is 157. The van der Waals surface area contributed by atoms with Crippen molar-refractivity contribution in [1.29, 1.82) is 0 Å². The third-order valence-electron chi connectivity index (χ3n) is 2.29. The van der Waals surface area contributed by atoms with Crippen LogP contribution >= 0.6 is 0 Å².